The van der Waals surface area contributed by atoms with Crippen LogP contribution in [0.15, 0.2) is 30.6 Å². The number of nitrogens with two attached hydrogens (primary N) is 1. The summed E-state index contributed by atoms with van der Waals surface area (Å²) in [5.41, 5.74) is 6.72. The van der Waals surface area contributed by atoms with Crippen molar-refractivity contribution in [2.45, 2.75) is 12.3 Å². The van der Waals surface area contributed by atoms with E-state index in [-0.39, 0.29) is 0 Å². The van der Waals surface area contributed by atoms with Gasteiger partial charge in [0, 0.05) is 41.1 Å². The lowest BCUT2D eigenvalue weighted by Gasteiger charge is -2.17. The Bertz CT molecular complexity index is 586. The molecule has 4 N–H and O–H groups in total. The minimum atomic E-state index is -4.64. The number of nitrogens with zero attached hydrogens (tertiary/aromatic N) is 1. The molecule has 0 aliphatic heterocycles. The molecule has 0 spiro atoms. The number of hydrogen-bond donors (Lipinski definition) is 3. The molecule has 102 valence electrons. The van der Waals surface area contributed by atoms with Gasteiger partial charge in [-0.3, -0.25) is 4.98 Å². The zero-order chi connectivity index (χ0) is 14.0. The van der Waals surface area contributed by atoms with Gasteiger partial charge in [-0.1, -0.05) is 0 Å². The summed E-state index contributed by atoms with van der Waals surface area (Å²) in [5, 5.41) is 12.8. The van der Waals surface area contributed by atoms with Crippen molar-refractivity contribution in [3.8, 4) is 0 Å². The Morgan fingerprint density at radius 1 is 1.26 bits per heavy atom. The Morgan fingerprint density at radius 2 is 2.00 bits per heavy atom. The number of hydrogen-bond acceptors (Lipinski definition) is 4. The number of fused-ring (bicyclic) bond motifs is 1. The maximum absolute atomic E-state index is 12.2. The van der Waals surface area contributed by atoms with Crippen LogP contribution in [0.5, 0.6) is 0 Å². The molecule has 0 aliphatic carbocycles. The summed E-state index contributed by atoms with van der Waals surface area (Å²) >= 11 is 0. The number of halogens is 3. The molecule has 0 bridgehead atoms. The summed E-state index contributed by atoms with van der Waals surface area (Å²) in [7, 11) is 0. The number of nitrogens with one attached hydrogen (secondary N) is 1. The van der Waals surface area contributed by atoms with Crippen molar-refractivity contribution in [2.24, 2.45) is 0 Å². The third-order valence-corrected chi connectivity index (χ3v) is 2.72. The maximum Gasteiger partial charge on any atom is 0.416 e. The van der Waals surface area contributed by atoms with Crippen LogP contribution in [0.1, 0.15) is 0 Å². The van der Waals surface area contributed by atoms with Crippen molar-refractivity contribution in [1.29, 1.82) is 0 Å². The second kappa shape index (κ2) is 4.93. The number of nitrogen functional groups attached to an aromatic ring is 1. The number of aliphatic hydroxyl groups excluding tert-OH is 1. The molecule has 1 aromatic carbocycles. The summed E-state index contributed by atoms with van der Waals surface area (Å²) in [4.78, 5) is 3.91. The van der Waals surface area contributed by atoms with Crippen LogP contribution in [0.25, 0.3) is 10.8 Å². The van der Waals surface area contributed by atoms with Crippen LogP contribution in [0.4, 0.5) is 24.5 Å². The van der Waals surface area contributed by atoms with Gasteiger partial charge in [0.2, 0.25) is 0 Å². The fourth-order valence-corrected chi connectivity index (χ4v) is 1.69. The number of aliphatic hydroxyl groups is 1. The molecule has 19 heavy (non-hydrogen) atoms. The van der Waals surface area contributed by atoms with Crippen LogP contribution in [-0.2, 0) is 0 Å². The van der Waals surface area contributed by atoms with Gasteiger partial charge in [0.05, 0.1) is 0 Å². The Balaban J connectivity index is 2.25. The Hall–Kier alpha value is -2.02. The van der Waals surface area contributed by atoms with Crippen molar-refractivity contribution in [3.63, 3.8) is 0 Å². The predicted molar refractivity (Wildman–Crippen MR) is 66.7 cm³/mol. The van der Waals surface area contributed by atoms with Gasteiger partial charge < -0.3 is 16.2 Å². The number of benzene rings is 1. The molecule has 0 radical (unpaired) electrons. The second-order valence-electron chi connectivity index (χ2n) is 4.06. The average molecular weight is 271 g/mol. The number of aromatic nitrogens is 1. The van der Waals surface area contributed by atoms with Gasteiger partial charge in [0.15, 0.2) is 6.10 Å². The van der Waals surface area contributed by atoms with Crippen LogP contribution in [0.3, 0.4) is 0 Å². The van der Waals surface area contributed by atoms with Gasteiger partial charge in [0.25, 0.3) is 0 Å². The van der Waals surface area contributed by atoms with Crippen molar-refractivity contribution in [2.75, 3.05) is 17.6 Å². The topological polar surface area (TPSA) is 71.2 Å². The number of rotatable bonds is 3. The van der Waals surface area contributed by atoms with Gasteiger partial charge in [-0.25, -0.2) is 0 Å². The number of pyridine rings is 1. The molecule has 1 atom stereocenters. The molecule has 0 fully saturated rings. The van der Waals surface area contributed by atoms with Crippen LogP contribution < -0.4 is 11.1 Å². The van der Waals surface area contributed by atoms with Crippen molar-refractivity contribution in [3.05, 3.63) is 30.6 Å². The lowest BCUT2D eigenvalue weighted by molar-refractivity contribution is -0.198. The Kier molecular flexibility index (Phi) is 3.48. The van der Waals surface area contributed by atoms with Crippen LogP contribution in [0.2, 0.25) is 0 Å². The van der Waals surface area contributed by atoms with E-state index in [2.05, 4.69) is 10.3 Å². The highest BCUT2D eigenvalue weighted by molar-refractivity contribution is 6.00. The van der Waals surface area contributed by atoms with Gasteiger partial charge in [-0.05, 0) is 18.2 Å². The zero-order valence-electron chi connectivity index (χ0n) is 9.78. The molecule has 2 rings (SSSR count). The highest BCUT2D eigenvalue weighted by Gasteiger charge is 2.37. The molecule has 0 saturated carbocycles. The van der Waals surface area contributed by atoms with Crippen molar-refractivity contribution < 1.29 is 18.3 Å². The third-order valence-electron chi connectivity index (χ3n) is 2.72. The normalized spacial score (nSPS) is 13.5. The summed E-state index contributed by atoms with van der Waals surface area (Å²) in [5.74, 6) is 0. The predicted octanol–water partition coefficient (Wildman–Crippen LogP) is 2.15. The molecule has 1 aromatic heterocycles. The fraction of sp³-hybridized carbons (Fsp3) is 0.250. The second-order valence-corrected chi connectivity index (χ2v) is 4.06. The Morgan fingerprint density at radius 3 is 2.68 bits per heavy atom. The van der Waals surface area contributed by atoms with Gasteiger partial charge in [0.1, 0.15) is 0 Å². The van der Waals surface area contributed by atoms with E-state index in [1.807, 2.05) is 0 Å². The molecular weight excluding hydrogens is 259 g/mol. The Labute approximate surface area is 107 Å². The van der Waals surface area contributed by atoms with Crippen LogP contribution >= 0.6 is 0 Å². The monoisotopic (exact) mass is 271 g/mol. The van der Waals surface area contributed by atoms with E-state index in [4.69, 9.17) is 10.8 Å². The molecule has 0 aliphatic rings. The molecule has 1 heterocycles. The van der Waals surface area contributed by atoms with E-state index in [0.29, 0.717) is 22.1 Å². The minimum absolute atomic E-state index is 0.445. The van der Waals surface area contributed by atoms with Crippen LogP contribution in [0, 0.1) is 0 Å². The minimum Gasteiger partial charge on any atom is -0.398 e. The SMILES string of the molecule is Nc1ccc(NCC(O)C(F)(F)F)c2cnccc12. The molecular formula is C12H12F3N3O. The average Bonchev–Trinajstić information content (AvgIpc) is 2.37. The molecule has 2 aromatic rings. The highest BCUT2D eigenvalue weighted by atomic mass is 19.4. The first-order valence-corrected chi connectivity index (χ1v) is 5.50. The van der Waals surface area contributed by atoms with Crippen molar-refractivity contribution in [1.82, 2.24) is 4.98 Å². The van der Waals surface area contributed by atoms with E-state index >= 15 is 0 Å². The van der Waals surface area contributed by atoms with E-state index < -0.39 is 18.8 Å². The molecule has 0 saturated heterocycles. The molecule has 1 unspecified atom stereocenters. The molecule has 7 heteroatoms. The fourth-order valence-electron chi connectivity index (χ4n) is 1.69. The maximum atomic E-state index is 12.2. The lowest BCUT2D eigenvalue weighted by atomic mass is 10.1. The summed E-state index contributed by atoms with van der Waals surface area (Å²) < 4.78 is 36.6. The zero-order valence-corrected chi connectivity index (χ0v) is 9.78. The standard InChI is InChI=1S/C12H12F3N3O/c13-12(14,15)11(19)6-18-10-2-1-9(16)7-3-4-17-5-8(7)10/h1-5,11,18-19H,6,16H2. The lowest BCUT2D eigenvalue weighted by Crippen LogP contribution is -2.35. The molecule has 4 nitrogen and oxygen atoms in total. The van der Waals surface area contributed by atoms with E-state index in [1.165, 1.54) is 6.20 Å². The smallest absolute Gasteiger partial charge is 0.398 e. The van der Waals surface area contributed by atoms with Gasteiger partial charge in [-0.2, -0.15) is 13.2 Å². The summed E-state index contributed by atoms with van der Waals surface area (Å²) in [6.45, 7) is -0.628. The van der Waals surface area contributed by atoms with Gasteiger partial charge in [-0.15, -0.1) is 0 Å². The van der Waals surface area contributed by atoms with Crippen molar-refractivity contribution >= 4 is 22.1 Å². The number of alkyl halides is 3. The van der Waals surface area contributed by atoms with E-state index in [1.54, 1.807) is 24.4 Å². The van der Waals surface area contributed by atoms with E-state index in [0.717, 1.165) is 0 Å². The van der Waals surface area contributed by atoms with E-state index in [9.17, 15) is 13.2 Å². The summed E-state index contributed by atoms with van der Waals surface area (Å²) in [6, 6.07) is 4.82. The first-order chi connectivity index (χ1) is 8.89. The quantitative estimate of drug-likeness (QED) is 0.748. The first-order valence-electron chi connectivity index (χ1n) is 5.50. The number of anilines is 2. The van der Waals surface area contributed by atoms with Crippen LogP contribution in [-0.4, -0.2) is 28.9 Å². The first kappa shape index (κ1) is 13.4. The van der Waals surface area contributed by atoms with Gasteiger partial charge >= 0.3 is 6.18 Å². The third kappa shape index (κ3) is 2.87. The highest BCUT2D eigenvalue weighted by Crippen LogP contribution is 2.28. The summed E-state index contributed by atoms with van der Waals surface area (Å²) in [6.07, 6.45) is -4.01. The molecule has 0 amide bonds. The largest absolute Gasteiger partial charge is 0.416 e.